The highest BCUT2D eigenvalue weighted by molar-refractivity contribution is 7.91. The second-order valence-corrected chi connectivity index (χ2v) is 12.7. The molecule has 2 aromatic heterocycles. The van der Waals surface area contributed by atoms with Gasteiger partial charge in [0.1, 0.15) is 10.8 Å². The minimum atomic E-state index is -4.10. The summed E-state index contributed by atoms with van der Waals surface area (Å²) in [6.07, 6.45) is 0. The lowest BCUT2D eigenvalue weighted by atomic mass is 10.0. The molecule has 0 aliphatic rings. The fourth-order valence-corrected chi connectivity index (χ4v) is 7.49. The first-order chi connectivity index (χ1) is 19.7. The number of thiazole rings is 1. The fraction of sp³-hybridized carbons (Fsp3) is 0.192. The van der Waals surface area contributed by atoms with E-state index in [2.05, 4.69) is 20.6 Å². The molecule has 5 aromatic rings. The van der Waals surface area contributed by atoms with Gasteiger partial charge < -0.3 is 13.7 Å². The van der Waals surface area contributed by atoms with Crippen molar-refractivity contribution in [2.45, 2.75) is 24.2 Å². The van der Waals surface area contributed by atoms with Crippen LogP contribution in [0.25, 0.3) is 21.3 Å². The van der Waals surface area contributed by atoms with Crippen molar-refractivity contribution in [2.24, 2.45) is 0 Å². The van der Waals surface area contributed by atoms with Crippen molar-refractivity contribution in [1.82, 2.24) is 25.4 Å². The molecule has 41 heavy (non-hydrogen) atoms. The maximum absolute atomic E-state index is 13.8. The lowest BCUT2D eigenvalue weighted by molar-refractivity contribution is 0.185. The molecular weight excluding hydrogens is 594 g/mol. The molecule has 0 aliphatic heterocycles. The predicted molar refractivity (Wildman–Crippen MR) is 150 cm³/mol. The Hall–Kier alpha value is -3.44. The van der Waals surface area contributed by atoms with Crippen molar-refractivity contribution in [3.8, 4) is 11.1 Å². The summed E-state index contributed by atoms with van der Waals surface area (Å²) in [7, 11) is -2.47. The number of nitrogens with zero attached hydrogens (tertiary/aromatic N) is 3. The van der Waals surface area contributed by atoms with Crippen molar-refractivity contribution in [3.05, 3.63) is 100 Å². The van der Waals surface area contributed by atoms with E-state index in [0.29, 0.717) is 12.1 Å². The fourth-order valence-electron chi connectivity index (χ4n) is 4.16. The van der Waals surface area contributed by atoms with Gasteiger partial charge in [-0.25, -0.2) is 23.2 Å². The van der Waals surface area contributed by atoms with Gasteiger partial charge in [-0.05, 0) is 46.5 Å². The highest BCUT2D eigenvalue weighted by Gasteiger charge is 2.37. The normalized spacial score (nSPS) is 13.4. The Morgan fingerprint density at radius 1 is 1.07 bits per heavy atom. The maximum Gasteiger partial charge on any atom is 0.241 e. The van der Waals surface area contributed by atoms with E-state index in [0.717, 1.165) is 27.5 Å². The minimum Gasteiger partial charge on any atom is -0.759 e. The first-order valence-electron chi connectivity index (χ1n) is 12.1. The molecule has 5 rings (SSSR count). The van der Waals surface area contributed by atoms with Crippen LogP contribution in [0.3, 0.4) is 0 Å². The summed E-state index contributed by atoms with van der Waals surface area (Å²) >= 11 is -1.41. The van der Waals surface area contributed by atoms with Gasteiger partial charge >= 0.3 is 0 Å². The molecule has 0 saturated heterocycles. The van der Waals surface area contributed by atoms with Crippen LogP contribution in [0.15, 0.2) is 71.1 Å². The molecule has 214 valence electrons. The molecule has 2 atom stereocenters. The summed E-state index contributed by atoms with van der Waals surface area (Å²) in [4.78, 5) is 6.54. The Labute approximate surface area is 241 Å². The Morgan fingerprint density at radius 2 is 1.85 bits per heavy atom. The van der Waals surface area contributed by atoms with E-state index in [9.17, 15) is 21.6 Å². The number of hydrazine groups is 1. The molecule has 15 heteroatoms. The Bertz CT molecular complexity index is 1790. The van der Waals surface area contributed by atoms with E-state index in [1.165, 1.54) is 29.5 Å². The van der Waals surface area contributed by atoms with Crippen LogP contribution in [-0.4, -0.2) is 39.5 Å². The SMILES string of the molecule is COCc1ccc(-c2ccc3nc(C(c4nnc(CNNS(=O)[O-])o4)S(=O)(=O)Cc4cccc(F)c4)sc3c2)cc1. The van der Waals surface area contributed by atoms with Crippen LogP contribution >= 0.6 is 11.3 Å². The zero-order chi connectivity index (χ0) is 29.0. The van der Waals surface area contributed by atoms with E-state index in [-0.39, 0.29) is 28.9 Å². The van der Waals surface area contributed by atoms with Gasteiger partial charge in [0.2, 0.25) is 11.8 Å². The van der Waals surface area contributed by atoms with Gasteiger partial charge in [0.05, 0.1) is 29.1 Å². The van der Waals surface area contributed by atoms with Crippen molar-refractivity contribution in [3.63, 3.8) is 0 Å². The molecule has 2 N–H and O–H groups in total. The number of sulfone groups is 1. The molecule has 2 unspecified atom stereocenters. The molecular formula is C26H23FN5O6S3-. The van der Waals surface area contributed by atoms with Gasteiger partial charge in [-0.3, -0.25) is 4.21 Å². The Morgan fingerprint density at radius 3 is 2.59 bits per heavy atom. The second kappa shape index (κ2) is 12.6. The number of halogens is 1. The number of methoxy groups -OCH3 is 1. The third-order valence-corrected chi connectivity index (χ3v) is 9.37. The zero-order valence-corrected chi connectivity index (χ0v) is 23.9. The lowest BCUT2D eigenvalue weighted by Gasteiger charge is -2.12. The van der Waals surface area contributed by atoms with Crippen molar-refractivity contribution < 1.29 is 30.7 Å². The van der Waals surface area contributed by atoms with Gasteiger partial charge in [-0.2, -0.15) is 4.83 Å². The van der Waals surface area contributed by atoms with Crippen LogP contribution in [-0.2, 0) is 44.7 Å². The summed E-state index contributed by atoms with van der Waals surface area (Å²) < 4.78 is 74.3. The van der Waals surface area contributed by atoms with E-state index in [1.54, 1.807) is 7.11 Å². The lowest BCUT2D eigenvalue weighted by Crippen LogP contribution is -2.32. The van der Waals surface area contributed by atoms with E-state index >= 15 is 0 Å². The largest absolute Gasteiger partial charge is 0.759 e. The summed E-state index contributed by atoms with van der Waals surface area (Å²) in [5.41, 5.74) is 6.12. The number of benzene rings is 3. The van der Waals surface area contributed by atoms with Gasteiger partial charge in [-0.15, -0.1) is 21.5 Å². The minimum absolute atomic E-state index is 0.0516. The molecule has 0 amide bonds. The zero-order valence-electron chi connectivity index (χ0n) is 21.4. The summed E-state index contributed by atoms with van der Waals surface area (Å²) in [5.74, 6) is -1.36. The number of nitrogens with one attached hydrogen (secondary N) is 2. The van der Waals surface area contributed by atoms with Gasteiger partial charge in [-0.1, -0.05) is 42.5 Å². The van der Waals surface area contributed by atoms with Crippen LogP contribution < -0.4 is 10.3 Å². The summed E-state index contributed by atoms with van der Waals surface area (Å²) in [5, 5.41) is 6.54. The third-order valence-electron chi connectivity index (χ3n) is 5.95. The molecule has 11 nitrogen and oxygen atoms in total. The molecule has 0 radical (unpaired) electrons. The first-order valence-corrected chi connectivity index (χ1v) is 15.7. The highest BCUT2D eigenvalue weighted by atomic mass is 32.2. The number of ether oxygens (including phenoxy) is 1. The monoisotopic (exact) mass is 616 g/mol. The number of aromatic nitrogens is 3. The number of fused-ring (bicyclic) bond motifs is 1. The Kier molecular flexibility index (Phi) is 8.94. The summed E-state index contributed by atoms with van der Waals surface area (Å²) in [6, 6.07) is 18.9. The maximum atomic E-state index is 13.8. The van der Waals surface area contributed by atoms with Crippen molar-refractivity contribution in [1.29, 1.82) is 0 Å². The molecule has 0 bridgehead atoms. The van der Waals surface area contributed by atoms with Crippen molar-refractivity contribution >= 4 is 42.7 Å². The van der Waals surface area contributed by atoms with E-state index in [4.69, 9.17) is 9.15 Å². The van der Waals surface area contributed by atoms with Gasteiger partial charge in [0.25, 0.3) is 0 Å². The smallest absolute Gasteiger partial charge is 0.241 e. The standard InChI is InChI=1S/C26H24FN5O6S3/c1-37-14-16-5-7-18(8-6-16)19-9-10-21-22(12-19)39-26(29-21)24(25-31-30-23(38-25)13-28-32-40(33)34)41(35,36)15-17-3-2-4-20(27)11-17/h2-12,24,28,32H,13-15H2,1H3,(H,33,34)/p-1. The molecule has 2 heterocycles. The average Bonchev–Trinajstić information content (AvgIpc) is 3.55. The summed E-state index contributed by atoms with van der Waals surface area (Å²) in [6.45, 7) is 0.315. The average molecular weight is 617 g/mol. The molecule has 0 aliphatic carbocycles. The molecule has 0 saturated carbocycles. The molecule has 0 fully saturated rings. The number of hydrogen-bond donors (Lipinski definition) is 2. The van der Waals surface area contributed by atoms with Crippen LogP contribution in [0.4, 0.5) is 4.39 Å². The van der Waals surface area contributed by atoms with Gasteiger partial charge in [0, 0.05) is 18.4 Å². The second-order valence-electron chi connectivity index (χ2n) is 8.91. The third kappa shape index (κ3) is 7.08. The molecule has 3 aromatic carbocycles. The van der Waals surface area contributed by atoms with Crippen LogP contribution in [0.2, 0.25) is 0 Å². The van der Waals surface area contributed by atoms with E-state index in [1.807, 2.05) is 47.3 Å². The molecule has 0 spiro atoms. The quantitative estimate of drug-likeness (QED) is 0.156. The predicted octanol–water partition coefficient (Wildman–Crippen LogP) is 3.72. The topological polar surface area (TPSA) is 159 Å². The highest BCUT2D eigenvalue weighted by Crippen LogP contribution is 2.38. The van der Waals surface area contributed by atoms with Crippen molar-refractivity contribution in [2.75, 3.05) is 7.11 Å². The number of rotatable bonds is 12. The van der Waals surface area contributed by atoms with Crippen LogP contribution in [0.5, 0.6) is 0 Å². The van der Waals surface area contributed by atoms with Crippen LogP contribution in [0, 0.1) is 5.82 Å². The number of hydrogen-bond acceptors (Lipinski definition) is 11. The Balaban J connectivity index is 1.51. The van der Waals surface area contributed by atoms with E-state index < -0.39 is 37.9 Å². The first kappa shape index (κ1) is 29.1. The van der Waals surface area contributed by atoms with Crippen LogP contribution in [0.1, 0.15) is 33.2 Å². The van der Waals surface area contributed by atoms with Gasteiger partial charge in [0.15, 0.2) is 15.1 Å².